The SMILES string of the molecule is COc1cc2c(cc1OC)CN([C@@H]1CC(=O)N(c3ccc(Cl)cc3Cl)C1=O)CC2. The first-order valence-electron chi connectivity index (χ1n) is 9.22. The van der Waals surface area contributed by atoms with Crippen LogP contribution in [0.3, 0.4) is 0 Å². The molecule has 0 aliphatic carbocycles. The number of anilines is 1. The molecule has 4 rings (SSSR count). The van der Waals surface area contributed by atoms with E-state index in [-0.39, 0.29) is 23.3 Å². The molecule has 1 atom stereocenters. The average Bonchev–Trinajstić information content (AvgIpc) is 3.00. The quantitative estimate of drug-likeness (QED) is 0.686. The van der Waals surface area contributed by atoms with Gasteiger partial charge in [0.25, 0.3) is 5.91 Å². The number of fused-ring (bicyclic) bond motifs is 1. The van der Waals surface area contributed by atoms with E-state index in [1.54, 1.807) is 26.4 Å². The predicted octanol–water partition coefficient (Wildman–Crippen LogP) is 3.70. The Morgan fingerprint density at radius 1 is 1.00 bits per heavy atom. The lowest BCUT2D eigenvalue weighted by molar-refractivity contribution is -0.123. The topological polar surface area (TPSA) is 59.1 Å². The first kappa shape index (κ1) is 20.0. The first-order chi connectivity index (χ1) is 13.9. The molecule has 0 radical (unpaired) electrons. The number of rotatable bonds is 4. The third-order valence-corrected chi connectivity index (χ3v) is 6.00. The summed E-state index contributed by atoms with van der Waals surface area (Å²) >= 11 is 12.2. The van der Waals surface area contributed by atoms with Gasteiger partial charge in [0.1, 0.15) is 0 Å². The number of imide groups is 1. The van der Waals surface area contributed by atoms with Gasteiger partial charge < -0.3 is 9.47 Å². The van der Waals surface area contributed by atoms with Gasteiger partial charge in [-0.25, -0.2) is 4.90 Å². The van der Waals surface area contributed by atoms with E-state index >= 15 is 0 Å². The highest BCUT2D eigenvalue weighted by Gasteiger charge is 2.44. The summed E-state index contributed by atoms with van der Waals surface area (Å²) in [6, 6.07) is 8.15. The van der Waals surface area contributed by atoms with Crippen molar-refractivity contribution in [2.75, 3.05) is 25.7 Å². The average molecular weight is 435 g/mol. The summed E-state index contributed by atoms with van der Waals surface area (Å²) in [6.07, 6.45) is 0.885. The zero-order chi connectivity index (χ0) is 20.7. The van der Waals surface area contributed by atoms with Gasteiger partial charge in [0.15, 0.2) is 11.5 Å². The maximum Gasteiger partial charge on any atom is 0.251 e. The monoisotopic (exact) mass is 434 g/mol. The van der Waals surface area contributed by atoms with Crippen LogP contribution in [0, 0.1) is 0 Å². The lowest BCUT2D eigenvalue weighted by Gasteiger charge is -2.32. The zero-order valence-electron chi connectivity index (χ0n) is 16.1. The minimum absolute atomic E-state index is 0.125. The van der Waals surface area contributed by atoms with Crippen LogP contribution in [-0.4, -0.2) is 43.5 Å². The van der Waals surface area contributed by atoms with E-state index in [9.17, 15) is 9.59 Å². The highest BCUT2D eigenvalue weighted by Crippen LogP contribution is 2.37. The van der Waals surface area contributed by atoms with Crippen molar-refractivity contribution in [2.24, 2.45) is 0 Å². The number of benzene rings is 2. The molecule has 1 fully saturated rings. The molecule has 2 aromatic carbocycles. The molecular weight excluding hydrogens is 415 g/mol. The molecule has 29 heavy (non-hydrogen) atoms. The highest BCUT2D eigenvalue weighted by atomic mass is 35.5. The van der Waals surface area contributed by atoms with Gasteiger partial charge in [0.05, 0.1) is 37.4 Å². The van der Waals surface area contributed by atoms with Crippen LogP contribution in [-0.2, 0) is 22.6 Å². The van der Waals surface area contributed by atoms with E-state index in [0.717, 1.165) is 17.5 Å². The van der Waals surface area contributed by atoms with Crippen molar-refractivity contribution in [1.82, 2.24) is 4.90 Å². The summed E-state index contributed by atoms with van der Waals surface area (Å²) in [5.41, 5.74) is 2.60. The van der Waals surface area contributed by atoms with Crippen molar-refractivity contribution in [3.8, 4) is 11.5 Å². The molecule has 2 aromatic rings. The van der Waals surface area contributed by atoms with Crippen molar-refractivity contribution in [2.45, 2.75) is 25.4 Å². The number of carbonyl (C=O) groups is 2. The van der Waals surface area contributed by atoms with Gasteiger partial charge in [-0.05, 0) is 47.9 Å². The summed E-state index contributed by atoms with van der Waals surface area (Å²) in [6.45, 7) is 1.23. The minimum Gasteiger partial charge on any atom is -0.493 e. The molecule has 2 aliphatic rings. The summed E-state index contributed by atoms with van der Waals surface area (Å²) in [5.74, 6) is 0.817. The molecule has 0 spiro atoms. The van der Waals surface area contributed by atoms with Gasteiger partial charge in [-0.2, -0.15) is 0 Å². The molecule has 2 aliphatic heterocycles. The minimum atomic E-state index is -0.518. The molecule has 152 valence electrons. The maximum atomic E-state index is 13.1. The smallest absolute Gasteiger partial charge is 0.251 e. The number of halogens is 2. The fraction of sp³-hybridized carbons (Fsp3) is 0.333. The highest BCUT2D eigenvalue weighted by molar-refractivity contribution is 6.38. The van der Waals surface area contributed by atoms with Crippen molar-refractivity contribution < 1.29 is 19.1 Å². The Hall–Kier alpha value is -2.28. The molecule has 1 saturated heterocycles. The summed E-state index contributed by atoms with van der Waals surface area (Å²) < 4.78 is 10.8. The lowest BCUT2D eigenvalue weighted by atomic mass is 9.97. The van der Waals surface area contributed by atoms with Crippen LogP contribution in [0.4, 0.5) is 5.69 Å². The fourth-order valence-electron chi connectivity index (χ4n) is 3.99. The molecule has 2 amide bonds. The van der Waals surface area contributed by atoms with Crippen molar-refractivity contribution in [1.29, 1.82) is 0 Å². The Morgan fingerprint density at radius 2 is 1.69 bits per heavy atom. The number of hydrogen-bond acceptors (Lipinski definition) is 5. The van der Waals surface area contributed by atoms with Crippen LogP contribution < -0.4 is 14.4 Å². The van der Waals surface area contributed by atoms with Gasteiger partial charge in [0, 0.05) is 18.1 Å². The van der Waals surface area contributed by atoms with Gasteiger partial charge >= 0.3 is 0 Å². The molecule has 6 nitrogen and oxygen atoms in total. The van der Waals surface area contributed by atoms with Gasteiger partial charge in [-0.1, -0.05) is 23.2 Å². The second kappa shape index (κ2) is 7.86. The number of carbonyl (C=O) groups excluding carboxylic acids is 2. The Bertz CT molecular complexity index is 995. The molecule has 2 heterocycles. The third kappa shape index (κ3) is 3.56. The second-order valence-electron chi connectivity index (χ2n) is 7.08. The van der Waals surface area contributed by atoms with Crippen LogP contribution >= 0.6 is 23.2 Å². The van der Waals surface area contributed by atoms with Crippen LogP contribution in [0.1, 0.15) is 17.5 Å². The predicted molar refractivity (Wildman–Crippen MR) is 111 cm³/mol. The van der Waals surface area contributed by atoms with Crippen molar-refractivity contribution >= 4 is 40.7 Å². The molecule has 8 heteroatoms. The Kier molecular flexibility index (Phi) is 5.42. The molecular formula is C21H20Cl2N2O4. The lowest BCUT2D eigenvalue weighted by Crippen LogP contribution is -2.44. The fourth-order valence-corrected chi connectivity index (χ4v) is 4.48. The van der Waals surface area contributed by atoms with Crippen molar-refractivity contribution in [3.63, 3.8) is 0 Å². The van der Waals surface area contributed by atoms with Crippen LogP contribution in [0.15, 0.2) is 30.3 Å². The normalized spacial score (nSPS) is 19.4. The summed E-state index contributed by atoms with van der Waals surface area (Å²) in [4.78, 5) is 29.0. The molecule has 0 aromatic heterocycles. The van der Waals surface area contributed by atoms with E-state index in [1.807, 2.05) is 17.0 Å². The zero-order valence-corrected chi connectivity index (χ0v) is 17.6. The number of amides is 2. The standard InChI is InChI=1S/C21H20Cl2N2O4/c1-28-18-7-12-5-6-24(11-13(12)8-19(18)29-2)17-10-20(26)25(21(17)27)16-4-3-14(22)9-15(16)23/h3-4,7-9,17H,5-6,10-11H2,1-2H3/t17-/m1/s1. The van der Waals surface area contributed by atoms with Gasteiger partial charge in [-0.15, -0.1) is 0 Å². The largest absolute Gasteiger partial charge is 0.493 e. The van der Waals surface area contributed by atoms with Crippen molar-refractivity contribution in [3.05, 3.63) is 51.5 Å². The number of ether oxygens (including phenoxy) is 2. The summed E-state index contributed by atoms with van der Waals surface area (Å²) in [7, 11) is 3.20. The number of hydrogen-bond donors (Lipinski definition) is 0. The summed E-state index contributed by atoms with van der Waals surface area (Å²) in [5, 5.41) is 0.729. The Morgan fingerprint density at radius 3 is 2.34 bits per heavy atom. The molecule has 0 bridgehead atoms. The van der Waals surface area contributed by atoms with E-state index < -0.39 is 6.04 Å². The van der Waals surface area contributed by atoms with E-state index in [0.29, 0.717) is 35.3 Å². The van der Waals surface area contributed by atoms with E-state index in [2.05, 4.69) is 0 Å². The molecule has 0 saturated carbocycles. The molecule has 0 unspecified atom stereocenters. The third-order valence-electron chi connectivity index (χ3n) is 5.46. The Balaban J connectivity index is 1.59. The second-order valence-corrected chi connectivity index (χ2v) is 7.92. The van der Waals surface area contributed by atoms with E-state index in [1.165, 1.54) is 11.0 Å². The van der Waals surface area contributed by atoms with Crippen LogP contribution in [0.2, 0.25) is 10.0 Å². The maximum absolute atomic E-state index is 13.1. The van der Waals surface area contributed by atoms with Gasteiger partial charge in [0.2, 0.25) is 5.91 Å². The number of methoxy groups -OCH3 is 2. The first-order valence-corrected chi connectivity index (χ1v) is 9.98. The van der Waals surface area contributed by atoms with E-state index in [4.69, 9.17) is 32.7 Å². The Labute approximate surface area is 178 Å². The molecule has 0 N–H and O–H groups in total. The number of nitrogens with zero attached hydrogens (tertiary/aromatic N) is 2. The van der Waals surface area contributed by atoms with Gasteiger partial charge in [-0.3, -0.25) is 14.5 Å². The van der Waals surface area contributed by atoms with Crippen LogP contribution in [0.5, 0.6) is 11.5 Å². The van der Waals surface area contributed by atoms with Crippen LogP contribution in [0.25, 0.3) is 0 Å².